The molecule has 0 saturated carbocycles. The van der Waals surface area contributed by atoms with Crippen LogP contribution in [0.3, 0.4) is 0 Å². The van der Waals surface area contributed by atoms with E-state index in [-0.39, 0.29) is 18.0 Å². The third-order valence-corrected chi connectivity index (χ3v) is 4.74. The molecule has 21 heavy (non-hydrogen) atoms. The lowest BCUT2D eigenvalue weighted by atomic mass is 9.94. The molecule has 3 N–H and O–H groups in total. The molecular weight excluding hydrogens is 330 g/mol. The lowest BCUT2D eigenvalue weighted by Gasteiger charge is -2.34. The SMILES string of the molecule is CC(NC(=O)CN1CCC(C)C(N)C1)c1ccc(Br)cc1. The maximum absolute atomic E-state index is 12.1. The molecule has 0 radical (unpaired) electrons. The zero-order valence-corrected chi connectivity index (χ0v) is 14.3. The molecule has 1 aliphatic rings. The monoisotopic (exact) mass is 353 g/mol. The Morgan fingerprint density at radius 2 is 2.14 bits per heavy atom. The van der Waals surface area contributed by atoms with Crippen molar-refractivity contribution in [2.24, 2.45) is 11.7 Å². The third kappa shape index (κ3) is 4.80. The molecule has 4 nitrogen and oxygen atoms in total. The fourth-order valence-electron chi connectivity index (χ4n) is 2.64. The van der Waals surface area contributed by atoms with E-state index >= 15 is 0 Å². The molecule has 0 spiro atoms. The molecule has 2 rings (SSSR count). The Morgan fingerprint density at radius 1 is 1.48 bits per heavy atom. The van der Waals surface area contributed by atoms with Crippen LogP contribution < -0.4 is 11.1 Å². The fraction of sp³-hybridized carbons (Fsp3) is 0.562. The Labute approximate surface area is 135 Å². The summed E-state index contributed by atoms with van der Waals surface area (Å²) in [4.78, 5) is 14.3. The number of nitrogens with zero attached hydrogens (tertiary/aromatic N) is 1. The van der Waals surface area contributed by atoms with E-state index in [4.69, 9.17) is 5.73 Å². The van der Waals surface area contributed by atoms with Crippen LogP contribution in [0, 0.1) is 5.92 Å². The van der Waals surface area contributed by atoms with E-state index in [9.17, 15) is 4.79 Å². The molecule has 1 aromatic carbocycles. The van der Waals surface area contributed by atoms with E-state index in [0.717, 1.165) is 29.5 Å². The number of piperidine rings is 1. The smallest absolute Gasteiger partial charge is 0.234 e. The first-order chi connectivity index (χ1) is 9.95. The minimum atomic E-state index is 0.0167. The van der Waals surface area contributed by atoms with Gasteiger partial charge in [0.05, 0.1) is 12.6 Å². The highest BCUT2D eigenvalue weighted by Crippen LogP contribution is 2.17. The Kier molecular flexibility index (Phi) is 5.79. The number of hydrogen-bond donors (Lipinski definition) is 2. The van der Waals surface area contributed by atoms with Gasteiger partial charge in [-0.1, -0.05) is 35.0 Å². The number of carbonyl (C=O) groups is 1. The zero-order chi connectivity index (χ0) is 15.4. The Hall–Kier alpha value is -0.910. The molecule has 1 aliphatic heterocycles. The molecule has 1 aromatic rings. The van der Waals surface area contributed by atoms with E-state index in [2.05, 4.69) is 33.1 Å². The lowest BCUT2D eigenvalue weighted by molar-refractivity contribution is -0.123. The van der Waals surface area contributed by atoms with Crippen LogP contribution in [0.15, 0.2) is 28.7 Å². The topological polar surface area (TPSA) is 58.4 Å². The summed E-state index contributed by atoms with van der Waals surface area (Å²) in [6.07, 6.45) is 1.07. The summed E-state index contributed by atoms with van der Waals surface area (Å²) < 4.78 is 1.04. The molecule has 1 saturated heterocycles. The van der Waals surface area contributed by atoms with Crippen LogP contribution in [0.1, 0.15) is 31.9 Å². The van der Waals surface area contributed by atoms with Gasteiger partial charge in [-0.15, -0.1) is 0 Å². The van der Waals surface area contributed by atoms with Crippen LogP contribution in [0.25, 0.3) is 0 Å². The maximum Gasteiger partial charge on any atom is 0.234 e. The number of benzene rings is 1. The predicted molar refractivity (Wildman–Crippen MR) is 88.9 cm³/mol. The summed E-state index contributed by atoms with van der Waals surface area (Å²) in [5.41, 5.74) is 7.18. The Morgan fingerprint density at radius 3 is 2.76 bits per heavy atom. The van der Waals surface area contributed by atoms with Gasteiger partial charge in [0.2, 0.25) is 5.91 Å². The lowest BCUT2D eigenvalue weighted by Crippen LogP contribution is -2.50. The van der Waals surface area contributed by atoms with Crippen LogP contribution in [-0.4, -0.2) is 36.5 Å². The minimum absolute atomic E-state index is 0.0167. The number of carbonyl (C=O) groups excluding carboxylic acids is 1. The second-order valence-corrected chi connectivity index (χ2v) is 6.92. The molecule has 116 valence electrons. The average molecular weight is 354 g/mol. The van der Waals surface area contributed by atoms with E-state index < -0.39 is 0 Å². The standard InChI is InChI=1S/C16H24BrN3O/c1-11-7-8-20(9-15(11)18)10-16(21)19-12(2)13-3-5-14(17)6-4-13/h3-6,11-12,15H,7-10,18H2,1-2H3,(H,19,21). The summed E-state index contributed by atoms with van der Waals surface area (Å²) in [5.74, 6) is 0.609. The van der Waals surface area contributed by atoms with Gasteiger partial charge in [0.1, 0.15) is 0 Å². The van der Waals surface area contributed by atoms with E-state index in [0.29, 0.717) is 12.5 Å². The van der Waals surface area contributed by atoms with Crippen LogP contribution in [-0.2, 0) is 4.79 Å². The highest BCUT2D eigenvalue weighted by Gasteiger charge is 2.24. The molecule has 3 unspecified atom stereocenters. The number of halogens is 1. The van der Waals surface area contributed by atoms with Crippen molar-refractivity contribution >= 4 is 21.8 Å². The van der Waals surface area contributed by atoms with Crippen molar-refractivity contribution in [1.82, 2.24) is 10.2 Å². The van der Waals surface area contributed by atoms with E-state index in [1.807, 2.05) is 31.2 Å². The van der Waals surface area contributed by atoms with E-state index in [1.54, 1.807) is 0 Å². The van der Waals surface area contributed by atoms with Gasteiger partial charge in [0, 0.05) is 17.1 Å². The van der Waals surface area contributed by atoms with Crippen molar-refractivity contribution in [1.29, 1.82) is 0 Å². The normalized spacial score (nSPS) is 24.6. The zero-order valence-electron chi connectivity index (χ0n) is 12.7. The maximum atomic E-state index is 12.1. The molecule has 0 aliphatic carbocycles. The quantitative estimate of drug-likeness (QED) is 0.872. The van der Waals surface area contributed by atoms with Crippen LogP contribution in [0.5, 0.6) is 0 Å². The molecule has 1 fully saturated rings. The van der Waals surface area contributed by atoms with Gasteiger partial charge < -0.3 is 11.1 Å². The number of hydrogen-bond acceptors (Lipinski definition) is 3. The molecular formula is C16H24BrN3O. The van der Waals surface area contributed by atoms with Crippen molar-refractivity contribution in [3.8, 4) is 0 Å². The number of nitrogens with one attached hydrogen (secondary N) is 1. The average Bonchev–Trinajstić information content (AvgIpc) is 2.43. The highest BCUT2D eigenvalue weighted by atomic mass is 79.9. The van der Waals surface area contributed by atoms with Gasteiger partial charge in [0.15, 0.2) is 0 Å². The highest BCUT2D eigenvalue weighted by molar-refractivity contribution is 9.10. The first kappa shape index (κ1) is 16.5. The molecule has 3 atom stereocenters. The summed E-state index contributed by atoms with van der Waals surface area (Å²) in [6, 6.07) is 8.21. The van der Waals surface area contributed by atoms with Gasteiger partial charge in [-0.25, -0.2) is 0 Å². The number of amides is 1. The largest absolute Gasteiger partial charge is 0.348 e. The molecule has 0 aromatic heterocycles. The Bertz CT molecular complexity index is 477. The van der Waals surface area contributed by atoms with Gasteiger partial charge in [-0.2, -0.15) is 0 Å². The fourth-order valence-corrected chi connectivity index (χ4v) is 2.90. The van der Waals surface area contributed by atoms with Crippen molar-refractivity contribution in [2.45, 2.75) is 32.4 Å². The number of likely N-dealkylation sites (tertiary alicyclic amines) is 1. The van der Waals surface area contributed by atoms with Gasteiger partial charge in [-0.05, 0) is 43.5 Å². The first-order valence-corrected chi connectivity index (χ1v) is 8.27. The second kappa shape index (κ2) is 7.38. The summed E-state index contributed by atoms with van der Waals surface area (Å²) in [7, 11) is 0. The molecule has 1 amide bonds. The second-order valence-electron chi connectivity index (χ2n) is 6.01. The number of rotatable bonds is 4. The van der Waals surface area contributed by atoms with Crippen LogP contribution in [0.4, 0.5) is 0 Å². The predicted octanol–water partition coefficient (Wildman–Crippen LogP) is 2.30. The molecule has 5 heteroatoms. The number of nitrogens with two attached hydrogens (primary N) is 1. The van der Waals surface area contributed by atoms with Crippen molar-refractivity contribution < 1.29 is 4.79 Å². The van der Waals surface area contributed by atoms with Gasteiger partial charge >= 0.3 is 0 Å². The van der Waals surface area contributed by atoms with Crippen molar-refractivity contribution in [3.05, 3.63) is 34.3 Å². The van der Waals surface area contributed by atoms with Crippen molar-refractivity contribution in [3.63, 3.8) is 0 Å². The van der Waals surface area contributed by atoms with Crippen LogP contribution >= 0.6 is 15.9 Å². The third-order valence-electron chi connectivity index (χ3n) is 4.22. The summed E-state index contributed by atoms with van der Waals surface area (Å²) >= 11 is 3.42. The van der Waals surface area contributed by atoms with E-state index in [1.165, 1.54) is 0 Å². The van der Waals surface area contributed by atoms with Crippen LogP contribution in [0.2, 0.25) is 0 Å². The first-order valence-electron chi connectivity index (χ1n) is 7.48. The molecule has 1 heterocycles. The summed E-state index contributed by atoms with van der Waals surface area (Å²) in [5, 5.41) is 3.05. The minimum Gasteiger partial charge on any atom is -0.348 e. The summed E-state index contributed by atoms with van der Waals surface area (Å²) in [6.45, 7) is 6.38. The Balaban J connectivity index is 1.82. The van der Waals surface area contributed by atoms with Crippen molar-refractivity contribution in [2.75, 3.05) is 19.6 Å². The molecule has 0 bridgehead atoms. The van der Waals surface area contributed by atoms with Gasteiger partial charge in [0.25, 0.3) is 0 Å². The van der Waals surface area contributed by atoms with Gasteiger partial charge in [-0.3, -0.25) is 9.69 Å².